The number of rotatable bonds is 2. The van der Waals surface area contributed by atoms with Crippen molar-refractivity contribution in [3.8, 4) is 5.75 Å². The van der Waals surface area contributed by atoms with Crippen LogP contribution in [-0.4, -0.2) is 47.8 Å². The van der Waals surface area contributed by atoms with Crippen LogP contribution in [0, 0.1) is 0 Å². The number of carbonyl (C=O) groups excluding carboxylic acids is 1. The summed E-state index contributed by atoms with van der Waals surface area (Å²) in [6, 6.07) is 6.43. The highest BCUT2D eigenvalue weighted by Gasteiger charge is 2.28. The minimum Gasteiger partial charge on any atom is -0.507 e. The Hall–Kier alpha value is -1.59. The number of hydrogen-bond acceptors (Lipinski definition) is 4. The van der Waals surface area contributed by atoms with Gasteiger partial charge in [0.05, 0.1) is 18.3 Å². The van der Waals surface area contributed by atoms with E-state index in [1.165, 1.54) is 6.07 Å². The molecule has 2 rings (SSSR count). The molecular formula is C13H18N2O3. The largest absolute Gasteiger partial charge is 0.507 e. The molecule has 2 atom stereocenters. The second-order valence-corrected chi connectivity index (χ2v) is 4.54. The lowest BCUT2D eigenvalue weighted by Crippen LogP contribution is -2.51. The summed E-state index contributed by atoms with van der Waals surface area (Å²) in [6.45, 7) is 3.32. The maximum absolute atomic E-state index is 12.3. The molecule has 1 aromatic rings. The van der Waals surface area contributed by atoms with Crippen LogP contribution in [0.15, 0.2) is 24.3 Å². The Morgan fingerprint density at radius 1 is 1.56 bits per heavy atom. The van der Waals surface area contributed by atoms with Gasteiger partial charge in [-0.3, -0.25) is 4.79 Å². The quantitative estimate of drug-likeness (QED) is 0.805. The van der Waals surface area contributed by atoms with E-state index in [1.54, 1.807) is 23.1 Å². The molecule has 0 saturated carbocycles. The van der Waals surface area contributed by atoms with Crippen molar-refractivity contribution in [1.29, 1.82) is 0 Å². The molecule has 1 aliphatic heterocycles. The number of para-hydroxylation sites is 1. The zero-order chi connectivity index (χ0) is 13.1. The summed E-state index contributed by atoms with van der Waals surface area (Å²) >= 11 is 0. The molecule has 1 heterocycles. The van der Waals surface area contributed by atoms with Gasteiger partial charge in [-0.25, -0.2) is 0 Å². The molecule has 18 heavy (non-hydrogen) atoms. The fraction of sp³-hybridized carbons (Fsp3) is 0.462. The van der Waals surface area contributed by atoms with Gasteiger partial charge in [-0.1, -0.05) is 12.1 Å². The van der Waals surface area contributed by atoms with E-state index in [-0.39, 0.29) is 23.8 Å². The molecule has 1 fully saturated rings. The zero-order valence-corrected chi connectivity index (χ0v) is 10.4. The van der Waals surface area contributed by atoms with Crippen molar-refractivity contribution in [3.63, 3.8) is 0 Å². The summed E-state index contributed by atoms with van der Waals surface area (Å²) in [5.41, 5.74) is 6.11. The van der Waals surface area contributed by atoms with Gasteiger partial charge in [0.2, 0.25) is 0 Å². The number of hydrogen-bond donors (Lipinski definition) is 2. The first kappa shape index (κ1) is 12.9. The summed E-state index contributed by atoms with van der Waals surface area (Å²) in [5, 5.41) is 9.68. The summed E-state index contributed by atoms with van der Waals surface area (Å²) in [4.78, 5) is 13.9. The van der Waals surface area contributed by atoms with Gasteiger partial charge in [0.15, 0.2) is 0 Å². The first-order valence-electron chi connectivity index (χ1n) is 6.04. The van der Waals surface area contributed by atoms with E-state index in [9.17, 15) is 9.90 Å². The van der Waals surface area contributed by atoms with Gasteiger partial charge < -0.3 is 20.5 Å². The number of morpholine rings is 1. The van der Waals surface area contributed by atoms with Crippen LogP contribution < -0.4 is 5.73 Å². The van der Waals surface area contributed by atoms with Crippen molar-refractivity contribution in [1.82, 2.24) is 4.90 Å². The van der Waals surface area contributed by atoms with E-state index in [4.69, 9.17) is 10.5 Å². The van der Waals surface area contributed by atoms with Gasteiger partial charge in [0.1, 0.15) is 5.75 Å². The fourth-order valence-corrected chi connectivity index (χ4v) is 2.00. The van der Waals surface area contributed by atoms with E-state index >= 15 is 0 Å². The lowest BCUT2D eigenvalue weighted by Gasteiger charge is -2.34. The van der Waals surface area contributed by atoms with E-state index in [2.05, 4.69) is 0 Å². The average molecular weight is 250 g/mol. The Kier molecular flexibility index (Phi) is 3.84. The fourth-order valence-electron chi connectivity index (χ4n) is 2.00. The third-order valence-corrected chi connectivity index (χ3v) is 3.10. The third-order valence-electron chi connectivity index (χ3n) is 3.10. The smallest absolute Gasteiger partial charge is 0.257 e. The first-order valence-corrected chi connectivity index (χ1v) is 6.04. The number of benzene rings is 1. The SMILES string of the molecule is CC(N)C1CN(C(=O)c2ccccc2O)CCO1. The van der Waals surface area contributed by atoms with Crippen molar-refractivity contribution in [2.45, 2.75) is 19.1 Å². The number of carbonyl (C=O) groups is 1. The predicted molar refractivity (Wildman–Crippen MR) is 67.4 cm³/mol. The average Bonchev–Trinajstić information content (AvgIpc) is 2.38. The summed E-state index contributed by atoms with van der Waals surface area (Å²) < 4.78 is 5.50. The monoisotopic (exact) mass is 250 g/mol. The van der Waals surface area contributed by atoms with Crippen LogP contribution in [0.1, 0.15) is 17.3 Å². The standard InChI is InChI=1S/C13H18N2O3/c1-9(14)12-8-15(6-7-18-12)13(17)10-4-2-3-5-11(10)16/h2-5,9,12,16H,6-8,14H2,1H3. The Morgan fingerprint density at radius 2 is 2.28 bits per heavy atom. The Bertz CT molecular complexity index is 434. The van der Waals surface area contributed by atoms with Crippen molar-refractivity contribution in [2.75, 3.05) is 19.7 Å². The van der Waals surface area contributed by atoms with Crippen LogP contribution >= 0.6 is 0 Å². The third kappa shape index (κ3) is 2.63. The van der Waals surface area contributed by atoms with Crippen LogP contribution in [-0.2, 0) is 4.74 Å². The maximum atomic E-state index is 12.3. The minimum absolute atomic E-state index is 0.00587. The van der Waals surface area contributed by atoms with Gasteiger partial charge in [-0.15, -0.1) is 0 Å². The van der Waals surface area contributed by atoms with E-state index < -0.39 is 0 Å². The molecule has 3 N–H and O–H groups in total. The van der Waals surface area contributed by atoms with Crippen LogP contribution in [0.2, 0.25) is 0 Å². The van der Waals surface area contributed by atoms with Gasteiger partial charge >= 0.3 is 0 Å². The molecule has 1 amide bonds. The van der Waals surface area contributed by atoms with E-state index in [0.717, 1.165) is 0 Å². The summed E-state index contributed by atoms with van der Waals surface area (Å²) in [5.74, 6) is -0.173. The highest BCUT2D eigenvalue weighted by atomic mass is 16.5. The van der Waals surface area contributed by atoms with Crippen molar-refractivity contribution in [2.24, 2.45) is 5.73 Å². The number of nitrogens with two attached hydrogens (primary N) is 1. The molecule has 0 bridgehead atoms. The Morgan fingerprint density at radius 3 is 2.94 bits per heavy atom. The van der Waals surface area contributed by atoms with E-state index in [1.807, 2.05) is 6.92 Å². The lowest BCUT2D eigenvalue weighted by atomic mass is 10.1. The molecule has 0 spiro atoms. The van der Waals surface area contributed by atoms with Crippen LogP contribution in [0.4, 0.5) is 0 Å². The molecule has 0 aromatic heterocycles. The van der Waals surface area contributed by atoms with E-state index in [0.29, 0.717) is 25.3 Å². The number of nitrogens with zero attached hydrogens (tertiary/aromatic N) is 1. The van der Waals surface area contributed by atoms with Gasteiger partial charge in [0, 0.05) is 19.1 Å². The van der Waals surface area contributed by atoms with Gasteiger partial charge in [0.25, 0.3) is 5.91 Å². The molecule has 1 saturated heterocycles. The number of phenols is 1. The molecular weight excluding hydrogens is 232 g/mol. The van der Waals surface area contributed by atoms with Crippen LogP contribution in [0.5, 0.6) is 5.75 Å². The Balaban J connectivity index is 2.12. The number of amides is 1. The Labute approximate surface area is 106 Å². The molecule has 0 radical (unpaired) electrons. The molecule has 5 heteroatoms. The van der Waals surface area contributed by atoms with Gasteiger partial charge in [-0.2, -0.15) is 0 Å². The number of ether oxygens (including phenoxy) is 1. The molecule has 2 unspecified atom stereocenters. The second-order valence-electron chi connectivity index (χ2n) is 4.54. The summed E-state index contributed by atoms with van der Waals surface area (Å²) in [7, 11) is 0. The van der Waals surface area contributed by atoms with Crippen molar-refractivity contribution in [3.05, 3.63) is 29.8 Å². The molecule has 5 nitrogen and oxygen atoms in total. The highest BCUT2D eigenvalue weighted by molar-refractivity contribution is 5.96. The highest BCUT2D eigenvalue weighted by Crippen LogP contribution is 2.19. The second kappa shape index (κ2) is 5.37. The minimum atomic E-state index is -0.179. The first-order chi connectivity index (χ1) is 8.59. The predicted octanol–water partition coefficient (Wildman–Crippen LogP) is 0.580. The van der Waals surface area contributed by atoms with Gasteiger partial charge in [-0.05, 0) is 19.1 Å². The maximum Gasteiger partial charge on any atom is 0.257 e. The van der Waals surface area contributed by atoms with Crippen molar-refractivity contribution >= 4 is 5.91 Å². The molecule has 1 aliphatic rings. The van der Waals surface area contributed by atoms with Crippen LogP contribution in [0.25, 0.3) is 0 Å². The summed E-state index contributed by atoms with van der Waals surface area (Å²) in [6.07, 6.45) is -0.145. The number of aromatic hydroxyl groups is 1. The zero-order valence-electron chi connectivity index (χ0n) is 10.4. The normalized spacial score (nSPS) is 21.7. The molecule has 0 aliphatic carbocycles. The molecule has 1 aromatic carbocycles. The van der Waals surface area contributed by atoms with Crippen molar-refractivity contribution < 1.29 is 14.6 Å². The topological polar surface area (TPSA) is 75.8 Å². The molecule has 98 valence electrons. The number of phenolic OH excluding ortho intramolecular Hbond substituents is 1. The lowest BCUT2D eigenvalue weighted by molar-refractivity contribution is -0.0300. The van der Waals surface area contributed by atoms with Crippen LogP contribution in [0.3, 0.4) is 0 Å².